The van der Waals surface area contributed by atoms with Gasteiger partial charge in [0.25, 0.3) is 5.60 Å². The fraction of sp³-hybridized carbons (Fsp3) is 0.250. The van der Waals surface area contributed by atoms with Gasteiger partial charge < -0.3 is 9.47 Å². The average Bonchev–Trinajstić information content (AvgIpc) is 3.23. The molecule has 2 atom stereocenters. The van der Waals surface area contributed by atoms with Gasteiger partial charge >= 0.3 is 5.97 Å². The summed E-state index contributed by atoms with van der Waals surface area (Å²) in [7, 11) is 0. The van der Waals surface area contributed by atoms with Crippen LogP contribution in [0, 0.1) is 11.3 Å². The van der Waals surface area contributed by atoms with Crippen molar-refractivity contribution in [3.05, 3.63) is 48.0 Å². The standard InChI is InChI=1S/C16H13NO3/c1-2-19-15(18)16(10-17)14(20-16)13-8-7-11-5-3-4-6-12(11)9-13/h3-9,14H,2H2,1H3. The van der Waals surface area contributed by atoms with Crippen molar-refractivity contribution in [2.24, 2.45) is 0 Å². The number of hydrogen-bond donors (Lipinski definition) is 0. The third kappa shape index (κ3) is 1.84. The van der Waals surface area contributed by atoms with Gasteiger partial charge in [-0.05, 0) is 29.3 Å². The Morgan fingerprint density at radius 1 is 1.35 bits per heavy atom. The van der Waals surface area contributed by atoms with Crippen LogP contribution in [-0.2, 0) is 14.3 Å². The Hall–Kier alpha value is -2.38. The van der Waals surface area contributed by atoms with Gasteiger partial charge in [-0.25, -0.2) is 4.79 Å². The topological polar surface area (TPSA) is 62.6 Å². The lowest BCUT2D eigenvalue weighted by atomic mass is 9.98. The SMILES string of the molecule is CCOC(=O)C1(C#N)OC1c1ccc2ccccc2c1. The molecule has 0 radical (unpaired) electrons. The first-order valence-corrected chi connectivity index (χ1v) is 6.46. The van der Waals surface area contributed by atoms with Crippen molar-refractivity contribution in [1.29, 1.82) is 5.26 Å². The summed E-state index contributed by atoms with van der Waals surface area (Å²) in [5.74, 6) is -0.611. The fourth-order valence-electron chi connectivity index (χ4n) is 2.35. The van der Waals surface area contributed by atoms with E-state index in [9.17, 15) is 10.1 Å². The van der Waals surface area contributed by atoms with Crippen LogP contribution in [0.2, 0.25) is 0 Å². The molecule has 1 saturated heterocycles. The Balaban J connectivity index is 1.93. The van der Waals surface area contributed by atoms with Crippen LogP contribution in [0.4, 0.5) is 0 Å². The smallest absolute Gasteiger partial charge is 0.356 e. The lowest BCUT2D eigenvalue weighted by Gasteiger charge is -2.04. The van der Waals surface area contributed by atoms with E-state index in [1.165, 1.54) is 0 Å². The van der Waals surface area contributed by atoms with Gasteiger partial charge in [-0.3, -0.25) is 0 Å². The summed E-state index contributed by atoms with van der Waals surface area (Å²) in [6.45, 7) is 1.94. The monoisotopic (exact) mass is 267 g/mol. The molecule has 20 heavy (non-hydrogen) atoms. The number of rotatable bonds is 3. The average molecular weight is 267 g/mol. The van der Waals surface area contributed by atoms with Crippen molar-refractivity contribution < 1.29 is 14.3 Å². The fourth-order valence-corrected chi connectivity index (χ4v) is 2.35. The molecule has 0 N–H and O–H groups in total. The van der Waals surface area contributed by atoms with Crippen LogP contribution >= 0.6 is 0 Å². The summed E-state index contributed by atoms with van der Waals surface area (Å²) >= 11 is 0. The quantitative estimate of drug-likeness (QED) is 0.633. The molecule has 4 nitrogen and oxygen atoms in total. The van der Waals surface area contributed by atoms with Crippen LogP contribution in [0.25, 0.3) is 10.8 Å². The number of fused-ring (bicyclic) bond motifs is 1. The predicted octanol–water partition coefficient (Wildman–Crippen LogP) is 2.74. The number of benzene rings is 2. The second-order valence-electron chi connectivity index (χ2n) is 4.67. The van der Waals surface area contributed by atoms with Gasteiger partial charge in [0, 0.05) is 0 Å². The minimum absolute atomic E-state index is 0.232. The highest BCUT2D eigenvalue weighted by Gasteiger charge is 2.66. The third-order valence-corrected chi connectivity index (χ3v) is 3.44. The maximum absolute atomic E-state index is 11.8. The molecule has 0 bridgehead atoms. The van der Waals surface area contributed by atoms with Gasteiger partial charge in [-0.1, -0.05) is 36.4 Å². The molecular weight excluding hydrogens is 254 g/mol. The van der Waals surface area contributed by atoms with Gasteiger partial charge in [-0.15, -0.1) is 0 Å². The predicted molar refractivity (Wildman–Crippen MR) is 72.8 cm³/mol. The molecule has 2 aromatic rings. The van der Waals surface area contributed by atoms with Crippen molar-refractivity contribution in [2.75, 3.05) is 6.61 Å². The molecule has 1 fully saturated rings. The summed E-state index contributed by atoms with van der Waals surface area (Å²) in [5.41, 5.74) is -0.656. The lowest BCUT2D eigenvalue weighted by molar-refractivity contribution is -0.147. The van der Waals surface area contributed by atoms with Crippen molar-refractivity contribution >= 4 is 16.7 Å². The van der Waals surface area contributed by atoms with E-state index in [1.54, 1.807) is 6.92 Å². The number of esters is 1. The number of nitriles is 1. The second kappa shape index (κ2) is 4.62. The summed E-state index contributed by atoms with van der Waals surface area (Å²) in [6, 6.07) is 15.6. The van der Waals surface area contributed by atoms with Crippen LogP contribution in [0.5, 0.6) is 0 Å². The zero-order valence-corrected chi connectivity index (χ0v) is 11.0. The first-order chi connectivity index (χ1) is 9.71. The number of hydrogen-bond acceptors (Lipinski definition) is 4. The number of nitrogens with zero attached hydrogens (tertiary/aromatic N) is 1. The molecule has 1 aliphatic rings. The van der Waals surface area contributed by atoms with Crippen LogP contribution in [0.1, 0.15) is 18.6 Å². The largest absolute Gasteiger partial charge is 0.463 e. The van der Waals surface area contributed by atoms with Gasteiger partial charge in [0.1, 0.15) is 12.2 Å². The van der Waals surface area contributed by atoms with Crippen LogP contribution in [-0.4, -0.2) is 18.2 Å². The molecule has 2 aromatic carbocycles. The normalized spacial score (nSPS) is 24.1. The number of carbonyl (C=O) groups is 1. The molecule has 0 aromatic heterocycles. The molecule has 1 heterocycles. The second-order valence-corrected chi connectivity index (χ2v) is 4.67. The van der Waals surface area contributed by atoms with E-state index < -0.39 is 17.7 Å². The Bertz CT molecular complexity index is 719. The van der Waals surface area contributed by atoms with E-state index in [1.807, 2.05) is 48.5 Å². The number of carbonyl (C=O) groups excluding carboxylic acids is 1. The van der Waals surface area contributed by atoms with Crippen molar-refractivity contribution in [2.45, 2.75) is 18.6 Å². The summed E-state index contributed by atoms with van der Waals surface area (Å²) in [6.07, 6.45) is -0.545. The van der Waals surface area contributed by atoms with Crippen molar-refractivity contribution in [3.63, 3.8) is 0 Å². The molecule has 3 rings (SSSR count). The van der Waals surface area contributed by atoms with Gasteiger partial charge in [0.05, 0.1) is 6.61 Å². The molecule has 1 aliphatic heterocycles. The molecule has 2 unspecified atom stereocenters. The minimum Gasteiger partial charge on any atom is -0.463 e. The van der Waals surface area contributed by atoms with E-state index in [4.69, 9.17) is 9.47 Å². The first-order valence-electron chi connectivity index (χ1n) is 6.46. The third-order valence-electron chi connectivity index (χ3n) is 3.44. The van der Waals surface area contributed by atoms with Gasteiger partial charge in [0.15, 0.2) is 0 Å². The van der Waals surface area contributed by atoms with E-state index in [-0.39, 0.29) is 6.61 Å². The maximum atomic E-state index is 11.8. The Labute approximate surface area is 116 Å². The Kier molecular flexibility index (Phi) is 2.92. The minimum atomic E-state index is -1.47. The molecule has 0 aliphatic carbocycles. The van der Waals surface area contributed by atoms with Crippen molar-refractivity contribution in [1.82, 2.24) is 0 Å². The van der Waals surface area contributed by atoms with Crippen LogP contribution in [0.15, 0.2) is 42.5 Å². The molecular formula is C16H13NO3. The van der Waals surface area contributed by atoms with Crippen molar-refractivity contribution in [3.8, 4) is 6.07 Å². The van der Waals surface area contributed by atoms with Gasteiger partial charge in [0.2, 0.25) is 0 Å². The number of epoxide rings is 1. The number of ether oxygens (including phenoxy) is 2. The van der Waals surface area contributed by atoms with Crippen LogP contribution in [0.3, 0.4) is 0 Å². The maximum Gasteiger partial charge on any atom is 0.356 e. The summed E-state index contributed by atoms with van der Waals surface area (Å²) < 4.78 is 10.3. The van der Waals surface area contributed by atoms with E-state index >= 15 is 0 Å². The molecule has 0 saturated carbocycles. The molecule has 0 amide bonds. The highest BCUT2D eigenvalue weighted by Crippen LogP contribution is 2.50. The highest BCUT2D eigenvalue weighted by atomic mass is 16.7. The molecule has 4 heteroatoms. The lowest BCUT2D eigenvalue weighted by Crippen LogP contribution is -2.26. The van der Waals surface area contributed by atoms with Crippen LogP contribution < -0.4 is 0 Å². The highest BCUT2D eigenvalue weighted by molar-refractivity contribution is 5.89. The Morgan fingerprint density at radius 3 is 2.80 bits per heavy atom. The van der Waals surface area contributed by atoms with E-state index in [2.05, 4.69) is 0 Å². The van der Waals surface area contributed by atoms with E-state index in [0.717, 1.165) is 16.3 Å². The summed E-state index contributed by atoms with van der Waals surface area (Å²) in [4.78, 5) is 11.8. The van der Waals surface area contributed by atoms with E-state index in [0.29, 0.717) is 0 Å². The van der Waals surface area contributed by atoms with Gasteiger partial charge in [-0.2, -0.15) is 5.26 Å². The summed E-state index contributed by atoms with van der Waals surface area (Å²) in [5, 5.41) is 11.4. The zero-order valence-electron chi connectivity index (χ0n) is 11.0. The molecule has 100 valence electrons. The molecule has 0 spiro atoms. The zero-order chi connectivity index (χ0) is 14.2. The first kappa shape index (κ1) is 12.6. The Morgan fingerprint density at radius 2 is 2.10 bits per heavy atom.